The van der Waals surface area contributed by atoms with Crippen LogP contribution in [0.5, 0.6) is 0 Å². The van der Waals surface area contributed by atoms with Gasteiger partial charge in [0.2, 0.25) is 0 Å². The average molecular weight is 215 g/mol. The van der Waals surface area contributed by atoms with Crippen molar-refractivity contribution in [3.8, 4) is 0 Å². The zero-order chi connectivity index (χ0) is 11.1. The summed E-state index contributed by atoms with van der Waals surface area (Å²) in [5.41, 5.74) is -0.112. The van der Waals surface area contributed by atoms with E-state index in [0.29, 0.717) is 12.5 Å². The number of methoxy groups -OCH3 is 1. The second-order valence-corrected chi connectivity index (χ2v) is 4.83. The van der Waals surface area contributed by atoms with Crippen LogP contribution in [0.25, 0.3) is 0 Å². The third kappa shape index (κ3) is 3.74. The predicted molar refractivity (Wildman–Crippen MR) is 61.9 cm³/mol. The van der Waals surface area contributed by atoms with Gasteiger partial charge in [-0.1, -0.05) is 19.3 Å². The van der Waals surface area contributed by atoms with Crippen molar-refractivity contribution >= 4 is 0 Å². The van der Waals surface area contributed by atoms with Crippen LogP contribution in [-0.4, -0.2) is 37.5 Å². The zero-order valence-corrected chi connectivity index (χ0v) is 10.1. The first kappa shape index (κ1) is 12.9. The first-order valence-corrected chi connectivity index (χ1v) is 6.08. The van der Waals surface area contributed by atoms with Gasteiger partial charge in [0.1, 0.15) is 0 Å². The van der Waals surface area contributed by atoms with Crippen LogP contribution in [-0.2, 0) is 4.74 Å². The standard InChI is InChI=1S/C12H25NO2/c1-12(10-14,13-8-9-15-2)11-6-4-3-5-7-11/h11,13-14H,3-10H2,1-2H3/t12-/m1/s1. The highest BCUT2D eigenvalue weighted by molar-refractivity contribution is 4.91. The molecule has 0 aromatic rings. The van der Waals surface area contributed by atoms with Crippen molar-refractivity contribution in [3.63, 3.8) is 0 Å². The van der Waals surface area contributed by atoms with Crippen LogP contribution in [0.1, 0.15) is 39.0 Å². The van der Waals surface area contributed by atoms with Crippen LogP contribution in [0, 0.1) is 5.92 Å². The Hall–Kier alpha value is -0.120. The zero-order valence-electron chi connectivity index (χ0n) is 10.1. The number of ether oxygens (including phenoxy) is 1. The maximum absolute atomic E-state index is 9.53. The Morgan fingerprint density at radius 2 is 2.00 bits per heavy atom. The molecule has 0 aromatic heterocycles. The van der Waals surface area contributed by atoms with Gasteiger partial charge in [0.05, 0.1) is 13.2 Å². The number of nitrogens with one attached hydrogen (secondary N) is 1. The van der Waals surface area contributed by atoms with Gasteiger partial charge >= 0.3 is 0 Å². The normalized spacial score (nSPS) is 22.6. The topological polar surface area (TPSA) is 41.5 Å². The fraction of sp³-hybridized carbons (Fsp3) is 1.00. The van der Waals surface area contributed by atoms with Crippen molar-refractivity contribution in [2.45, 2.75) is 44.6 Å². The molecule has 0 saturated heterocycles. The molecule has 0 heterocycles. The van der Waals surface area contributed by atoms with Gasteiger partial charge in [0.15, 0.2) is 0 Å². The first-order chi connectivity index (χ1) is 7.23. The molecule has 1 aliphatic carbocycles. The third-order valence-corrected chi connectivity index (χ3v) is 3.67. The van der Waals surface area contributed by atoms with Gasteiger partial charge in [-0.25, -0.2) is 0 Å². The summed E-state index contributed by atoms with van der Waals surface area (Å²) < 4.78 is 5.02. The average Bonchev–Trinajstić information content (AvgIpc) is 2.30. The number of aliphatic hydroxyl groups is 1. The molecule has 0 aliphatic heterocycles. The van der Waals surface area contributed by atoms with Crippen LogP contribution in [0.4, 0.5) is 0 Å². The second-order valence-electron chi connectivity index (χ2n) is 4.83. The minimum atomic E-state index is -0.112. The van der Waals surface area contributed by atoms with Crippen molar-refractivity contribution < 1.29 is 9.84 Å². The van der Waals surface area contributed by atoms with E-state index < -0.39 is 0 Å². The molecule has 15 heavy (non-hydrogen) atoms. The van der Waals surface area contributed by atoms with Gasteiger partial charge in [-0.3, -0.25) is 0 Å². The molecule has 1 fully saturated rings. The van der Waals surface area contributed by atoms with Crippen molar-refractivity contribution in [2.24, 2.45) is 5.92 Å². The van der Waals surface area contributed by atoms with E-state index in [9.17, 15) is 5.11 Å². The molecule has 1 saturated carbocycles. The SMILES string of the molecule is COCCN[C@](C)(CO)C1CCCCC1. The molecular formula is C12H25NO2. The molecule has 0 bridgehead atoms. The summed E-state index contributed by atoms with van der Waals surface area (Å²) >= 11 is 0. The van der Waals surface area contributed by atoms with Crippen molar-refractivity contribution in [3.05, 3.63) is 0 Å². The molecule has 0 amide bonds. The van der Waals surface area contributed by atoms with Gasteiger partial charge in [0, 0.05) is 19.2 Å². The quantitative estimate of drug-likeness (QED) is 0.661. The fourth-order valence-corrected chi connectivity index (χ4v) is 2.51. The number of aliphatic hydroxyl groups excluding tert-OH is 1. The summed E-state index contributed by atoms with van der Waals surface area (Å²) in [6, 6.07) is 0. The van der Waals surface area contributed by atoms with Gasteiger partial charge in [0.25, 0.3) is 0 Å². The van der Waals surface area contributed by atoms with Crippen LogP contribution in [0.3, 0.4) is 0 Å². The van der Waals surface area contributed by atoms with Crippen LogP contribution in [0.15, 0.2) is 0 Å². The summed E-state index contributed by atoms with van der Waals surface area (Å²) in [6.07, 6.45) is 6.47. The minimum Gasteiger partial charge on any atom is -0.394 e. The Labute approximate surface area is 93.2 Å². The second kappa shape index (κ2) is 6.46. The Balaban J connectivity index is 2.41. The van der Waals surface area contributed by atoms with E-state index in [-0.39, 0.29) is 12.1 Å². The van der Waals surface area contributed by atoms with Crippen LogP contribution >= 0.6 is 0 Å². The maximum Gasteiger partial charge on any atom is 0.0613 e. The van der Waals surface area contributed by atoms with E-state index in [1.165, 1.54) is 32.1 Å². The van der Waals surface area contributed by atoms with E-state index in [0.717, 1.165) is 6.54 Å². The van der Waals surface area contributed by atoms with Crippen LogP contribution < -0.4 is 5.32 Å². The summed E-state index contributed by atoms with van der Waals surface area (Å²) in [6.45, 7) is 3.90. The summed E-state index contributed by atoms with van der Waals surface area (Å²) in [5.74, 6) is 0.619. The van der Waals surface area contributed by atoms with E-state index in [2.05, 4.69) is 12.2 Å². The lowest BCUT2D eigenvalue weighted by atomic mass is 9.76. The van der Waals surface area contributed by atoms with Crippen molar-refractivity contribution in [2.75, 3.05) is 26.9 Å². The maximum atomic E-state index is 9.53. The third-order valence-electron chi connectivity index (χ3n) is 3.67. The Morgan fingerprint density at radius 1 is 1.33 bits per heavy atom. The molecule has 3 nitrogen and oxygen atoms in total. The van der Waals surface area contributed by atoms with E-state index in [4.69, 9.17) is 4.74 Å². The van der Waals surface area contributed by atoms with Crippen molar-refractivity contribution in [1.29, 1.82) is 0 Å². The molecule has 0 aromatic carbocycles. The van der Waals surface area contributed by atoms with E-state index in [1.54, 1.807) is 7.11 Å². The fourth-order valence-electron chi connectivity index (χ4n) is 2.51. The smallest absolute Gasteiger partial charge is 0.0613 e. The molecule has 1 atom stereocenters. The summed E-state index contributed by atoms with van der Waals surface area (Å²) in [7, 11) is 1.71. The molecule has 1 rings (SSSR count). The minimum absolute atomic E-state index is 0.112. The first-order valence-electron chi connectivity index (χ1n) is 6.08. The van der Waals surface area contributed by atoms with Crippen molar-refractivity contribution in [1.82, 2.24) is 5.32 Å². The van der Waals surface area contributed by atoms with Gasteiger partial charge < -0.3 is 15.2 Å². The Kier molecular flexibility index (Phi) is 5.58. The molecule has 0 spiro atoms. The molecular weight excluding hydrogens is 190 g/mol. The van der Waals surface area contributed by atoms with Gasteiger partial charge in [-0.15, -0.1) is 0 Å². The number of hydrogen-bond acceptors (Lipinski definition) is 3. The molecule has 1 aliphatic rings. The number of rotatable bonds is 6. The highest BCUT2D eigenvalue weighted by Crippen LogP contribution is 2.32. The van der Waals surface area contributed by atoms with Gasteiger partial charge in [-0.2, -0.15) is 0 Å². The van der Waals surface area contributed by atoms with E-state index in [1.807, 2.05) is 0 Å². The predicted octanol–water partition coefficient (Wildman–Crippen LogP) is 1.55. The highest BCUT2D eigenvalue weighted by atomic mass is 16.5. The largest absolute Gasteiger partial charge is 0.394 e. The van der Waals surface area contributed by atoms with E-state index >= 15 is 0 Å². The van der Waals surface area contributed by atoms with Gasteiger partial charge in [-0.05, 0) is 25.7 Å². The lowest BCUT2D eigenvalue weighted by Gasteiger charge is -2.39. The molecule has 90 valence electrons. The Morgan fingerprint density at radius 3 is 2.53 bits per heavy atom. The molecule has 0 unspecified atom stereocenters. The summed E-state index contributed by atoms with van der Waals surface area (Å²) in [5, 5.41) is 13.0. The molecule has 0 radical (unpaired) electrons. The van der Waals surface area contributed by atoms with Crippen LogP contribution in [0.2, 0.25) is 0 Å². The highest BCUT2D eigenvalue weighted by Gasteiger charge is 2.33. The molecule has 3 heteroatoms. The number of hydrogen-bond donors (Lipinski definition) is 2. The molecule has 2 N–H and O–H groups in total. The monoisotopic (exact) mass is 215 g/mol. The lowest BCUT2D eigenvalue weighted by molar-refractivity contribution is 0.0855. The lowest BCUT2D eigenvalue weighted by Crippen LogP contribution is -2.53. The Bertz CT molecular complexity index is 169. The summed E-state index contributed by atoms with van der Waals surface area (Å²) in [4.78, 5) is 0.